The molecule has 0 aliphatic carbocycles. The molecular formula is C14H16F3NO4. The average Bonchev–Trinajstić information content (AvgIpc) is 2.44. The highest BCUT2D eigenvalue weighted by Gasteiger charge is 2.42. The Morgan fingerprint density at radius 3 is 2.32 bits per heavy atom. The first-order valence-corrected chi connectivity index (χ1v) is 6.38. The smallest absolute Gasteiger partial charge is 0.396 e. The number of methoxy groups -OCH3 is 1. The first-order valence-electron chi connectivity index (χ1n) is 6.38. The Morgan fingerprint density at radius 2 is 1.86 bits per heavy atom. The maximum absolute atomic E-state index is 13.1. The van der Waals surface area contributed by atoms with E-state index in [0.29, 0.717) is 0 Å². The second kappa shape index (κ2) is 7.79. The molecule has 2 N–H and O–H groups in total. The summed E-state index contributed by atoms with van der Waals surface area (Å²) < 4.78 is 43.9. The zero-order chi connectivity index (χ0) is 16.8. The monoisotopic (exact) mass is 319 g/mol. The molecule has 2 unspecified atom stereocenters. The molecule has 0 spiro atoms. The van der Waals surface area contributed by atoms with Gasteiger partial charge in [-0.15, -0.1) is 0 Å². The Morgan fingerprint density at radius 1 is 1.27 bits per heavy atom. The van der Waals surface area contributed by atoms with Crippen LogP contribution in [0.2, 0.25) is 0 Å². The van der Waals surface area contributed by atoms with Gasteiger partial charge in [0.2, 0.25) is 5.91 Å². The van der Waals surface area contributed by atoms with Crippen LogP contribution in [0.25, 0.3) is 0 Å². The number of amides is 1. The molecule has 0 aliphatic rings. The van der Waals surface area contributed by atoms with Crippen LogP contribution in [0.1, 0.15) is 17.9 Å². The van der Waals surface area contributed by atoms with Crippen molar-refractivity contribution in [2.45, 2.75) is 24.6 Å². The number of carboxylic acids is 1. The number of ether oxygens (including phenoxy) is 1. The highest BCUT2D eigenvalue weighted by Crippen LogP contribution is 2.37. The van der Waals surface area contributed by atoms with Crippen molar-refractivity contribution in [1.82, 2.24) is 5.32 Å². The van der Waals surface area contributed by atoms with E-state index in [1.54, 1.807) is 6.07 Å². The van der Waals surface area contributed by atoms with Crippen LogP contribution < -0.4 is 5.32 Å². The van der Waals surface area contributed by atoms with Crippen LogP contribution in [0, 0.1) is 0 Å². The van der Waals surface area contributed by atoms with E-state index in [1.165, 1.54) is 31.4 Å². The minimum absolute atomic E-state index is 0.0521. The number of carboxylic acid groups (broad SMARTS) is 1. The first-order chi connectivity index (χ1) is 10.3. The summed E-state index contributed by atoms with van der Waals surface area (Å²) in [5.41, 5.74) is -0.0521. The molecule has 0 fully saturated rings. The zero-order valence-corrected chi connectivity index (χ0v) is 11.8. The van der Waals surface area contributed by atoms with E-state index in [0.717, 1.165) is 0 Å². The largest absolute Gasteiger partial charge is 0.480 e. The number of carbonyl (C=O) groups is 2. The molecule has 1 aromatic rings. The Labute approximate surface area is 125 Å². The maximum atomic E-state index is 13.1. The van der Waals surface area contributed by atoms with Gasteiger partial charge in [0.25, 0.3) is 0 Å². The van der Waals surface area contributed by atoms with E-state index in [1.807, 2.05) is 5.32 Å². The molecule has 1 amide bonds. The molecule has 1 aromatic carbocycles. The number of halogens is 3. The van der Waals surface area contributed by atoms with Crippen LogP contribution in [0.4, 0.5) is 13.2 Å². The second-order valence-electron chi connectivity index (χ2n) is 4.62. The van der Waals surface area contributed by atoms with Crippen molar-refractivity contribution in [3.8, 4) is 0 Å². The molecule has 0 aromatic heterocycles. The normalized spacial score (nSPS) is 14.2. The zero-order valence-electron chi connectivity index (χ0n) is 11.8. The Kier molecular flexibility index (Phi) is 6.36. The van der Waals surface area contributed by atoms with Gasteiger partial charge in [0.1, 0.15) is 0 Å². The number of carbonyl (C=O) groups excluding carboxylic acids is 1. The third-order valence-corrected chi connectivity index (χ3v) is 2.95. The molecule has 0 saturated carbocycles. The van der Waals surface area contributed by atoms with E-state index < -0.39 is 36.4 Å². The van der Waals surface area contributed by atoms with Crippen molar-refractivity contribution < 1.29 is 32.6 Å². The molecular weight excluding hydrogens is 303 g/mol. The van der Waals surface area contributed by atoms with Crippen LogP contribution in [-0.4, -0.2) is 42.9 Å². The average molecular weight is 319 g/mol. The van der Waals surface area contributed by atoms with Gasteiger partial charge in [0, 0.05) is 13.5 Å². The van der Waals surface area contributed by atoms with Crippen molar-refractivity contribution in [1.29, 1.82) is 0 Å². The summed E-state index contributed by atoms with van der Waals surface area (Å²) >= 11 is 0. The SMILES string of the molecule is COCC(NC(=O)CC(c1ccccc1)C(F)(F)F)C(=O)O. The molecule has 122 valence electrons. The van der Waals surface area contributed by atoms with Gasteiger partial charge in [-0.25, -0.2) is 4.79 Å². The number of hydrogen-bond acceptors (Lipinski definition) is 3. The standard InChI is InChI=1S/C14H16F3NO4/c1-22-8-11(13(20)21)18-12(19)7-10(14(15,16)17)9-5-3-2-4-6-9/h2-6,10-11H,7-8H2,1H3,(H,18,19)(H,20,21). The Balaban J connectivity index is 2.82. The van der Waals surface area contributed by atoms with Gasteiger partial charge in [0.15, 0.2) is 6.04 Å². The van der Waals surface area contributed by atoms with Gasteiger partial charge >= 0.3 is 12.1 Å². The molecule has 0 aliphatic heterocycles. The third-order valence-electron chi connectivity index (χ3n) is 2.95. The first kappa shape index (κ1) is 18.0. The number of rotatable bonds is 7. The van der Waals surface area contributed by atoms with Gasteiger partial charge < -0.3 is 15.2 Å². The van der Waals surface area contributed by atoms with Crippen LogP contribution in [0.15, 0.2) is 30.3 Å². The van der Waals surface area contributed by atoms with E-state index in [-0.39, 0.29) is 12.2 Å². The van der Waals surface area contributed by atoms with E-state index in [4.69, 9.17) is 5.11 Å². The molecule has 0 heterocycles. The highest BCUT2D eigenvalue weighted by molar-refractivity contribution is 5.84. The van der Waals surface area contributed by atoms with Crippen molar-refractivity contribution in [2.75, 3.05) is 13.7 Å². The third kappa shape index (κ3) is 5.36. The minimum atomic E-state index is -4.61. The van der Waals surface area contributed by atoms with Gasteiger partial charge in [0.05, 0.1) is 12.5 Å². The fourth-order valence-corrected chi connectivity index (χ4v) is 1.89. The molecule has 0 saturated heterocycles. The lowest BCUT2D eigenvalue weighted by Crippen LogP contribution is -2.44. The summed E-state index contributed by atoms with van der Waals surface area (Å²) in [6.45, 7) is -0.330. The predicted molar refractivity (Wildman–Crippen MR) is 71.3 cm³/mol. The van der Waals surface area contributed by atoms with E-state index in [2.05, 4.69) is 4.74 Å². The fraction of sp³-hybridized carbons (Fsp3) is 0.429. The van der Waals surface area contributed by atoms with Crippen LogP contribution in [0.3, 0.4) is 0 Å². The summed E-state index contributed by atoms with van der Waals surface area (Å²) in [5.74, 6) is -4.38. The predicted octanol–water partition coefficient (Wildman–Crippen LogP) is 1.94. The van der Waals surface area contributed by atoms with Crippen molar-refractivity contribution in [3.05, 3.63) is 35.9 Å². The van der Waals surface area contributed by atoms with Gasteiger partial charge in [-0.2, -0.15) is 13.2 Å². The molecule has 2 atom stereocenters. The van der Waals surface area contributed by atoms with Crippen molar-refractivity contribution in [3.63, 3.8) is 0 Å². The Hall–Kier alpha value is -2.09. The number of benzene rings is 1. The lowest BCUT2D eigenvalue weighted by Gasteiger charge is -2.21. The molecule has 0 bridgehead atoms. The van der Waals surface area contributed by atoms with E-state index in [9.17, 15) is 22.8 Å². The number of alkyl halides is 3. The molecule has 0 radical (unpaired) electrons. The summed E-state index contributed by atoms with van der Waals surface area (Å²) in [7, 11) is 1.23. The quantitative estimate of drug-likeness (QED) is 0.805. The van der Waals surface area contributed by atoms with Crippen LogP contribution in [0.5, 0.6) is 0 Å². The number of aliphatic carboxylic acids is 1. The van der Waals surface area contributed by atoms with Crippen LogP contribution >= 0.6 is 0 Å². The van der Waals surface area contributed by atoms with Crippen molar-refractivity contribution >= 4 is 11.9 Å². The van der Waals surface area contributed by atoms with Gasteiger partial charge in [-0.1, -0.05) is 30.3 Å². The summed E-state index contributed by atoms with van der Waals surface area (Å²) in [6, 6.07) is 5.61. The topological polar surface area (TPSA) is 75.6 Å². The van der Waals surface area contributed by atoms with E-state index >= 15 is 0 Å². The summed E-state index contributed by atoms with van der Waals surface area (Å²) in [4.78, 5) is 22.6. The summed E-state index contributed by atoms with van der Waals surface area (Å²) in [6.07, 6.45) is -5.50. The summed E-state index contributed by atoms with van der Waals surface area (Å²) in [5, 5.41) is 10.9. The number of nitrogens with one attached hydrogen (secondary N) is 1. The highest BCUT2D eigenvalue weighted by atomic mass is 19.4. The van der Waals surface area contributed by atoms with Gasteiger partial charge in [-0.05, 0) is 5.56 Å². The second-order valence-corrected chi connectivity index (χ2v) is 4.62. The molecule has 8 heteroatoms. The molecule has 1 rings (SSSR count). The lowest BCUT2D eigenvalue weighted by molar-refractivity contribution is -0.158. The fourth-order valence-electron chi connectivity index (χ4n) is 1.89. The molecule has 22 heavy (non-hydrogen) atoms. The maximum Gasteiger partial charge on any atom is 0.396 e. The van der Waals surface area contributed by atoms with Crippen LogP contribution in [-0.2, 0) is 14.3 Å². The number of hydrogen-bond donors (Lipinski definition) is 2. The van der Waals surface area contributed by atoms with Gasteiger partial charge in [-0.3, -0.25) is 4.79 Å². The molecule has 5 nitrogen and oxygen atoms in total. The Bertz CT molecular complexity index is 505. The van der Waals surface area contributed by atoms with Crippen molar-refractivity contribution in [2.24, 2.45) is 0 Å². The lowest BCUT2D eigenvalue weighted by atomic mass is 9.94. The minimum Gasteiger partial charge on any atom is -0.480 e.